The van der Waals surface area contributed by atoms with Crippen LogP contribution in [0.1, 0.15) is 0 Å². The molecule has 0 aromatic rings. The normalized spacial score (nSPS) is 13.7. The van der Waals surface area contributed by atoms with Crippen LogP contribution in [0.5, 0.6) is 0 Å². The van der Waals surface area contributed by atoms with Gasteiger partial charge in [0.1, 0.15) is 0 Å². The fourth-order valence-corrected chi connectivity index (χ4v) is 1.20. The standard InChI is InChI=1S/C7H18N3.Sn/c1-8(2)7(9(3)4)10(5)6;/h1-6H3;/q;+3. The topological polar surface area (TPSA) is 9.72 Å². The van der Waals surface area contributed by atoms with Crippen molar-refractivity contribution in [3.05, 3.63) is 0 Å². The van der Waals surface area contributed by atoms with Gasteiger partial charge in [-0.05, 0) is 0 Å². The van der Waals surface area contributed by atoms with Crippen molar-refractivity contribution in [3.63, 3.8) is 0 Å². The molecule has 0 N–H and O–H groups in total. The number of rotatable bonds is 3. The summed E-state index contributed by atoms with van der Waals surface area (Å²) in [6.07, 6.45) is 0. The van der Waals surface area contributed by atoms with Crippen molar-refractivity contribution in [2.75, 3.05) is 42.3 Å². The van der Waals surface area contributed by atoms with Crippen LogP contribution in [-0.4, -0.2) is 83.3 Å². The van der Waals surface area contributed by atoms with Crippen molar-refractivity contribution in [3.8, 4) is 0 Å². The Morgan fingerprint density at radius 3 is 0.909 bits per heavy atom. The van der Waals surface area contributed by atoms with E-state index in [-0.39, 0.29) is 3.80 Å². The second kappa shape index (κ2) is 4.07. The van der Waals surface area contributed by atoms with E-state index in [1.807, 2.05) is 0 Å². The molecule has 0 unspecified atom stereocenters. The van der Waals surface area contributed by atoms with Gasteiger partial charge < -0.3 is 0 Å². The summed E-state index contributed by atoms with van der Waals surface area (Å²) < 4.78 is 0.0900. The summed E-state index contributed by atoms with van der Waals surface area (Å²) in [5.74, 6) is 0. The first-order valence-electron chi connectivity index (χ1n) is 3.60. The Labute approximate surface area is 83.4 Å². The van der Waals surface area contributed by atoms with Gasteiger partial charge in [0, 0.05) is 0 Å². The van der Waals surface area contributed by atoms with Gasteiger partial charge >= 0.3 is 83.3 Å². The molecule has 0 spiro atoms. The SMILES string of the molecule is CN(C)[C]([Sn+3])(N(C)C)N(C)C. The van der Waals surface area contributed by atoms with Gasteiger partial charge in [-0.2, -0.15) is 0 Å². The molecule has 0 aliphatic heterocycles. The molecule has 0 aromatic carbocycles. The van der Waals surface area contributed by atoms with E-state index in [0.717, 1.165) is 0 Å². The average molecular weight is 263 g/mol. The van der Waals surface area contributed by atoms with E-state index in [0.29, 0.717) is 0 Å². The minimum atomic E-state index is 0.0900. The summed E-state index contributed by atoms with van der Waals surface area (Å²) in [4.78, 5) is 6.68. The van der Waals surface area contributed by atoms with Crippen LogP contribution < -0.4 is 0 Å². The van der Waals surface area contributed by atoms with Gasteiger partial charge in [0.25, 0.3) is 0 Å². The van der Waals surface area contributed by atoms with Gasteiger partial charge in [0.15, 0.2) is 0 Å². The molecule has 62 valence electrons. The summed E-state index contributed by atoms with van der Waals surface area (Å²) in [6, 6.07) is 0. The van der Waals surface area contributed by atoms with E-state index in [1.165, 1.54) is 22.5 Å². The van der Waals surface area contributed by atoms with Crippen molar-refractivity contribution in [2.45, 2.75) is 3.80 Å². The van der Waals surface area contributed by atoms with Crippen molar-refractivity contribution in [2.24, 2.45) is 0 Å². The van der Waals surface area contributed by atoms with Gasteiger partial charge in [0.05, 0.1) is 0 Å². The average Bonchev–Trinajstić information content (AvgIpc) is 1.84. The van der Waals surface area contributed by atoms with E-state index in [2.05, 4.69) is 57.0 Å². The van der Waals surface area contributed by atoms with Crippen molar-refractivity contribution in [1.29, 1.82) is 0 Å². The summed E-state index contributed by atoms with van der Waals surface area (Å²) in [7, 11) is 12.6. The Bertz CT molecular complexity index is 101. The van der Waals surface area contributed by atoms with Crippen LogP contribution >= 0.6 is 0 Å². The zero-order valence-electron chi connectivity index (χ0n) is 8.34. The Morgan fingerprint density at radius 2 is 0.909 bits per heavy atom. The molecule has 0 bridgehead atoms. The maximum absolute atomic E-state index is 2.23. The van der Waals surface area contributed by atoms with Crippen molar-refractivity contribution < 1.29 is 0 Å². The molecule has 0 aromatic heterocycles. The molecule has 0 radical (unpaired) electrons. The van der Waals surface area contributed by atoms with Gasteiger partial charge in [-0.25, -0.2) is 0 Å². The summed E-state index contributed by atoms with van der Waals surface area (Å²) in [5.41, 5.74) is 0. The van der Waals surface area contributed by atoms with Crippen LogP contribution in [0.3, 0.4) is 0 Å². The summed E-state index contributed by atoms with van der Waals surface area (Å²) in [5, 5.41) is 0. The zero-order valence-corrected chi connectivity index (χ0v) is 11.2. The molecule has 0 aliphatic carbocycles. The predicted octanol–water partition coefficient (Wildman–Crippen LogP) is -0.549. The molecule has 0 atom stereocenters. The number of nitrogens with zero attached hydrogens (tertiary/aromatic N) is 3. The molecular formula is C7H18N3Sn+3. The fraction of sp³-hybridized carbons (Fsp3) is 1.00. The van der Waals surface area contributed by atoms with Gasteiger partial charge in [-0.1, -0.05) is 0 Å². The molecule has 0 fully saturated rings. The third kappa shape index (κ3) is 2.31. The first kappa shape index (κ1) is 11.7. The van der Waals surface area contributed by atoms with Crippen molar-refractivity contribution in [1.82, 2.24) is 14.7 Å². The fourth-order valence-electron chi connectivity index (χ4n) is 1.20. The van der Waals surface area contributed by atoms with Gasteiger partial charge in [-0.3, -0.25) is 0 Å². The molecule has 0 amide bonds. The molecule has 0 rings (SSSR count). The van der Waals surface area contributed by atoms with E-state index in [1.54, 1.807) is 0 Å². The first-order chi connectivity index (χ1) is 4.83. The van der Waals surface area contributed by atoms with Crippen LogP contribution in [0.15, 0.2) is 0 Å². The molecule has 3 nitrogen and oxygen atoms in total. The predicted molar refractivity (Wildman–Crippen MR) is 49.5 cm³/mol. The van der Waals surface area contributed by atoms with E-state index < -0.39 is 0 Å². The van der Waals surface area contributed by atoms with Crippen LogP contribution in [0.2, 0.25) is 0 Å². The quantitative estimate of drug-likeness (QED) is 0.499. The monoisotopic (exact) mass is 264 g/mol. The second-order valence-electron chi connectivity index (χ2n) is 3.32. The molecular weight excluding hydrogens is 245 g/mol. The van der Waals surface area contributed by atoms with E-state index >= 15 is 0 Å². The van der Waals surface area contributed by atoms with Crippen LogP contribution in [0.25, 0.3) is 0 Å². The summed E-state index contributed by atoms with van der Waals surface area (Å²) >= 11 is 1.48. The minimum absolute atomic E-state index is 0.0900. The molecule has 0 saturated carbocycles. The molecule has 0 heterocycles. The molecule has 0 aliphatic rings. The number of hydrogen-bond acceptors (Lipinski definition) is 3. The Hall–Kier alpha value is 0.679. The number of hydrogen-bond donors (Lipinski definition) is 0. The molecule has 11 heavy (non-hydrogen) atoms. The summed E-state index contributed by atoms with van der Waals surface area (Å²) in [6.45, 7) is 0. The van der Waals surface area contributed by atoms with Crippen LogP contribution in [0, 0.1) is 0 Å². The molecule has 4 heteroatoms. The van der Waals surface area contributed by atoms with E-state index in [9.17, 15) is 0 Å². The second-order valence-corrected chi connectivity index (χ2v) is 5.23. The Kier molecular flexibility index (Phi) is 4.32. The van der Waals surface area contributed by atoms with E-state index in [4.69, 9.17) is 0 Å². The first-order valence-corrected chi connectivity index (χ1v) is 5.03. The van der Waals surface area contributed by atoms with Crippen LogP contribution in [-0.2, 0) is 0 Å². The van der Waals surface area contributed by atoms with Gasteiger partial charge in [0.2, 0.25) is 0 Å². The maximum atomic E-state index is 2.23. The van der Waals surface area contributed by atoms with Gasteiger partial charge in [-0.15, -0.1) is 0 Å². The van der Waals surface area contributed by atoms with Crippen LogP contribution in [0.4, 0.5) is 0 Å². The molecule has 0 saturated heterocycles. The Balaban J connectivity index is 4.53. The van der Waals surface area contributed by atoms with Crippen molar-refractivity contribution >= 4 is 22.5 Å². The zero-order chi connectivity index (χ0) is 9.23. The third-order valence-corrected chi connectivity index (χ3v) is 5.70. The third-order valence-electron chi connectivity index (χ3n) is 1.87. The Morgan fingerprint density at radius 1 is 0.727 bits per heavy atom.